The molecule has 26 heavy (non-hydrogen) atoms. The Labute approximate surface area is 155 Å². The molecule has 3 N–H and O–H groups in total. The van der Waals surface area contributed by atoms with E-state index >= 15 is 0 Å². The van der Waals surface area contributed by atoms with Crippen LogP contribution in [-0.2, 0) is 0 Å². The van der Waals surface area contributed by atoms with Gasteiger partial charge in [-0.1, -0.05) is 91.0 Å². The fraction of sp³-hybridized carbons (Fsp3) is 0.0526. The summed E-state index contributed by atoms with van der Waals surface area (Å²) in [5.41, 5.74) is 0. The first-order valence-corrected chi connectivity index (χ1v) is 10.8. The second-order valence-corrected chi connectivity index (χ2v) is 9.36. The summed E-state index contributed by atoms with van der Waals surface area (Å²) in [6.07, 6.45) is 0. The molecule has 0 aromatic heterocycles. The maximum atomic E-state index is 8.83. The number of benzene rings is 3. The molecule has 0 aliphatic heterocycles. The molecule has 0 saturated heterocycles. The van der Waals surface area contributed by atoms with Crippen LogP contribution in [0.1, 0.15) is 0 Å². The molecular formula is C19H21ClNO4P. The number of halogens is 1. The molecule has 0 amide bonds. The summed E-state index contributed by atoms with van der Waals surface area (Å²) in [4.78, 5) is 0. The molecule has 0 aliphatic carbocycles. The molecule has 3 aromatic carbocycles. The van der Waals surface area contributed by atoms with E-state index in [1.54, 1.807) is 0 Å². The Bertz CT molecular complexity index is 744. The molecule has 0 spiro atoms. The topological polar surface area (TPSA) is 96.1 Å². The van der Waals surface area contributed by atoms with Crippen molar-refractivity contribution in [2.75, 3.05) is 7.05 Å². The Morgan fingerprint density at radius 1 is 0.654 bits per heavy atom. The molecule has 0 heterocycles. The first-order valence-electron chi connectivity index (χ1n) is 7.71. The summed E-state index contributed by atoms with van der Waals surface area (Å²) >= 11 is 0. The van der Waals surface area contributed by atoms with Gasteiger partial charge in [-0.15, -0.1) is 0 Å². The number of hydrogen-bond acceptors (Lipinski definition) is 5. The van der Waals surface area contributed by atoms with Gasteiger partial charge in [0, 0.05) is 23.0 Å². The fourth-order valence-corrected chi connectivity index (χ4v) is 6.12. The zero-order chi connectivity index (χ0) is 19.0. The summed E-state index contributed by atoms with van der Waals surface area (Å²) < 4.78 is 35.2. The van der Waals surface area contributed by atoms with E-state index in [1.807, 2.05) is 7.05 Å². The van der Waals surface area contributed by atoms with Gasteiger partial charge >= 0.3 is 28.9 Å². The number of hydrogen-bond donors (Lipinski definition) is 3. The van der Waals surface area contributed by atoms with Crippen LogP contribution < -0.4 is 20.6 Å². The average molecular weight is 394 g/mol. The van der Waals surface area contributed by atoms with Gasteiger partial charge in [0.2, 0.25) is 0 Å². The van der Waals surface area contributed by atoms with Crippen molar-refractivity contribution in [2.24, 2.45) is 4.74 Å². The van der Waals surface area contributed by atoms with Crippen LogP contribution in [0.4, 0.5) is 0 Å². The molecule has 5 nitrogen and oxygen atoms in total. The van der Waals surface area contributed by atoms with Crippen molar-refractivity contribution >= 4 is 23.0 Å². The minimum atomic E-state index is -4.19. The summed E-state index contributed by atoms with van der Waals surface area (Å²) in [6.45, 7) is 0. The Hall–Kier alpha value is -1.98. The van der Waals surface area contributed by atoms with Crippen LogP contribution in [0.15, 0.2) is 95.7 Å². The molecule has 0 saturated carbocycles. The van der Waals surface area contributed by atoms with E-state index in [0.29, 0.717) is 0 Å². The monoisotopic (exact) mass is 393 g/mol. The quantitative estimate of drug-likeness (QED) is 0.577. The summed E-state index contributed by atoms with van der Waals surface area (Å²) in [6, 6.07) is 31.9. The van der Waals surface area contributed by atoms with E-state index in [0.717, 1.165) is 0 Å². The first-order chi connectivity index (χ1) is 12.4. The third-order valence-corrected chi connectivity index (χ3v) is 7.43. The Balaban J connectivity index is 0.000000431. The predicted octanol–water partition coefficient (Wildman–Crippen LogP) is 0.934. The third kappa shape index (κ3) is 5.26. The molecule has 138 valence electrons. The molecule has 0 atom stereocenters. The summed E-state index contributed by atoms with van der Waals surface area (Å²) in [7, 11) is -4.16. The van der Waals surface area contributed by atoms with Gasteiger partial charge in [0.15, 0.2) is 0 Å². The molecule has 3 rings (SSSR count). The SMILES string of the molecule is CN=P(c1ccccc1)(c1ccccc1)c1ccccc1.[O-][Cl+](O)(O)O. The van der Waals surface area contributed by atoms with E-state index in [9.17, 15) is 0 Å². The molecule has 0 bridgehead atoms. The zero-order valence-corrected chi connectivity index (χ0v) is 15.8. The van der Waals surface area contributed by atoms with E-state index < -0.39 is 17.3 Å². The second-order valence-electron chi connectivity index (χ2n) is 5.28. The molecule has 0 aliphatic rings. The van der Waals surface area contributed by atoms with Gasteiger partial charge in [-0.2, -0.15) is 0 Å². The minimum absolute atomic E-state index is 1.30. The maximum absolute atomic E-state index is 8.83. The average Bonchev–Trinajstić information content (AvgIpc) is 2.64. The van der Waals surface area contributed by atoms with Gasteiger partial charge in [0.25, 0.3) is 0 Å². The van der Waals surface area contributed by atoms with Crippen molar-refractivity contribution in [3.8, 4) is 0 Å². The molecule has 0 radical (unpaired) electrons. The van der Waals surface area contributed by atoms with Crippen molar-refractivity contribution in [3.63, 3.8) is 0 Å². The van der Waals surface area contributed by atoms with Crippen molar-refractivity contribution in [1.29, 1.82) is 0 Å². The normalized spacial score (nSPS) is 11.9. The van der Waals surface area contributed by atoms with Gasteiger partial charge in [0.05, 0.1) is 7.05 Å². The standard InChI is InChI=1S/C19H18NP.ClH3O4/c1-20-21(17-11-5-2-6-12-17,18-13-7-3-8-14-18)19-15-9-4-10-16-19;2-1(3,4)5/h2-16H,1H3;2-4H. The molecule has 3 aromatic rings. The van der Waals surface area contributed by atoms with Gasteiger partial charge < -0.3 is 0 Å². The Morgan fingerprint density at radius 2 is 0.885 bits per heavy atom. The van der Waals surface area contributed by atoms with Crippen LogP contribution in [0.2, 0.25) is 0 Å². The van der Waals surface area contributed by atoms with Crippen LogP contribution >= 0.6 is 7.05 Å². The van der Waals surface area contributed by atoms with E-state index in [2.05, 4.69) is 91.0 Å². The second kappa shape index (κ2) is 9.10. The first kappa shape index (κ1) is 20.3. The van der Waals surface area contributed by atoms with Gasteiger partial charge in [-0.3, -0.25) is 4.74 Å². The summed E-state index contributed by atoms with van der Waals surface area (Å²) in [5.74, 6) is 0. The van der Waals surface area contributed by atoms with Gasteiger partial charge in [-0.25, -0.2) is 0 Å². The Kier molecular flexibility index (Phi) is 7.12. The molecule has 7 heteroatoms. The molecular weight excluding hydrogens is 373 g/mol. The van der Waals surface area contributed by atoms with Crippen molar-refractivity contribution in [1.82, 2.24) is 0 Å². The summed E-state index contributed by atoms with van der Waals surface area (Å²) in [5, 5.41) is 3.89. The van der Waals surface area contributed by atoms with Crippen LogP contribution in [0.3, 0.4) is 0 Å². The van der Waals surface area contributed by atoms with E-state index in [1.165, 1.54) is 15.9 Å². The van der Waals surface area contributed by atoms with E-state index in [-0.39, 0.29) is 0 Å². The van der Waals surface area contributed by atoms with Gasteiger partial charge in [-0.05, 0) is 0 Å². The van der Waals surface area contributed by atoms with Crippen molar-refractivity contribution in [2.45, 2.75) is 0 Å². The fourth-order valence-electron chi connectivity index (χ4n) is 2.72. The van der Waals surface area contributed by atoms with Crippen molar-refractivity contribution in [3.05, 3.63) is 91.0 Å². The van der Waals surface area contributed by atoms with Crippen LogP contribution in [0.5, 0.6) is 0 Å². The number of rotatable bonds is 3. The van der Waals surface area contributed by atoms with Gasteiger partial charge in [0.1, 0.15) is 0 Å². The molecule has 0 fully saturated rings. The van der Waals surface area contributed by atoms with Crippen LogP contribution in [0.25, 0.3) is 0 Å². The zero-order valence-electron chi connectivity index (χ0n) is 14.2. The van der Waals surface area contributed by atoms with Crippen molar-refractivity contribution < 1.29 is 28.9 Å². The van der Waals surface area contributed by atoms with Crippen LogP contribution in [0, 0.1) is 10.2 Å². The Morgan fingerprint density at radius 3 is 1.08 bits per heavy atom. The predicted molar refractivity (Wildman–Crippen MR) is 100 cm³/mol. The van der Waals surface area contributed by atoms with Crippen LogP contribution in [-0.4, -0.2) is 21.0 Å². The third-order valence-electron chi connectivity index (χ3n) is 3.69. The van der Waals surface area contributed by atoms with E-state index in [4.69, 9.17) is 23.4 Å². The molecule has 0 unspecified atom stereocenters. The number of nitrogens with zero attached hydrogens (tertiary/aromatic N) is 1.